The van der Waals surface area contributed by atoms with Gasteiger partial charge in [-0.3, -0.25) is 0 Å². The predicted molar refractivity (Wildman–Crippen MR) is 96.3 cm³/mol. The molecule has 0 radical (unpaired) electrons. The number of hydrogen-bond acceptors (Lipinski definition) is 2. The maximum absolute atomic E-state index is 3.86. The molecule has 0 aromatic heterocycles. The lowest BCUT2D eigenvalue weighted by Crippen LogP contribution is -2.50. The Morgan fingerprint density at radius 1 is 0.913 bits per heavy atom. The molecule has 1 aliphatic heterocycles. The number of nitrogens with zero attached hydrogens (tertiary/aromatic N) is 1. The molecule has 2 saturated carbocycles. The number of likely N-dealkylation sites (tertiary alicyclic amines) is 1. The van der Waals surface area contributed by atoms with Crippen molar-refractivity contribution in [2.75, 3.05) is 19.6 Å². The first-order chi connectivity index (χ1) is 11.3. The van der Waals surface area contributed by atoms with E-state index < -0.39 is 0 Å². The molecule has 0 spiro atoms. The Kier molecular flexibility index (Phi) is 5.01. The van der Waals surface area contributed by atoms with Gasteiger partial charge in [-0.2, -0.15) is 0 Å². The lowest BCUT2D eigenvalue weighted by molar-refractivity contribution is 0.0960. The van der Waals surface area contributed by atoms with E-state index in [1.165, 1.54) is 70.1 Å². The Bertz CT molecular complexity index is 478. The van der Waals surface area contributed by atoms with Crippen LogP contribution in [0, 0.1) is 17.8 Å². The minimum Gasteiger partial charge on any atom is -0.309 e. The molecule has 1 aromatic carbocycles. The molecule has 1 aromatic rings. The van der Waals surface area contributed by atoms with Crippen molar-refractivity contribution in [1.29, 1.82) is 0 Å². The maximum atomic E-state index is 3.86. The Balaban J connectivity index is 1.31. The topological polar surface area (TPSA) is 15.3 Å². The van der Waals surface area contributed by atoms with Crippen LogP contribution in [0.5, 0.6) is 0 Å². The smallest absolute Gasteiger partial charge is 0.0208 e. The highest BCUT2D eigenvalue weighted by Gasteiger charge is 2.33. The summed E-state index contributed by atoms with van der Waals surface area (Å²) in [6.45, 7) is 5.03. The van der Waals surface area contributed by atoms with Gasteiger partial charge in [0.1, 0.15) is 0 Å². The number of benzene rings is 1. The average molecular weight is 313 g/mol. The summed E-state index contributed by atoms with van der Waals surface area (Å²) in [5, 5.41) is 3.86. The van der Waals surface area contributed by atoms with Gasteiger partial charge >= 0.3 is 0 Å². The first-order valence-electron chi connectivity index (χ1n) is 9.85. The van der Waals surface area contributed by atoms with E-state index in [1.807, 2.05) is 0 Å². The van der Waals surface area contributed by atoms with Crippen molar-refractivity contribution >= 4 is 0 Å². The molecule has 2 heteroatoms. The highest BCUT2D eigenvalue weighted by molar-refractivity contribution is 5.14. The zero-order valence-corrected chi connectivity index (χ0v) is 14.4. The molecular weight excluding hydrogens is 280 g/mol. The van der Waals surface area contributed by atoms with Crippen LogP contribution in [0.3, 0.4) is 0 Å². The van der Waals surface area contributed by atoms with Crippen molar-refractivity contribution < 1.29 is 0 Å². The summed E-state index contributed by atoms with van der Waals surface area (Å²) in [7, 11) is 0. The first kappa shape index (κ1) is 15.7. The molecule has 1 heterocycles. The SMILES string of the molecule is c1ccc(CNC2CC(CC3CC3)CN(CC3CCC3)C2)cc1. The van der Waals surface area contributed by atoms with Crippen LogP contribution in [0.4, 0.5) is 0 Å². The third-order valence-electron chi connectivity index (χ3n) is 6.16. The fraction of sp³-hybridized carbons (Fsp3) is 0.714. The summed E-state index contributed by atoms with van der Waals surface area (Å²) in [4.78, 5) is 2.79. The van der Waals surface area contributed by atoms with Crippen LogP contribution in [-0.4, -0.2) is 30.6 Å². The standard InChI is InChI=1S/C21H32N2/c1-2-5-18(6-3-1)13-22-21-12-20(11-17-9-10-17)15-23(16-21)14-19-7-4-8-19/h1-3,5-6,17,19-22H,4,7-16H2. The van der Waals surface area contributed by atoms with Crippen LogP contribution in [0.25, 0.3) is 0 Å². The highest BCUT2D eigenvalue weighted by atomic mass is 15.2. The van der Waals surface area contributed by atoms with Gasteiger partial charge in [0.25, 0.3) is 0 Å². The van der Waals surface area contributed by atoms with Gasteiger partial charge in [0, 0.05) is 32.2 Å². The molecule has 23 heavy (non-hydrogen) atoms. The lowest BCUT2D eigenvalue weighted by Gasteiger charge is -2.41. The molecule has 1 N–H and O–H groups in total. The molecule has 0 bridgehead atoms. The summed E-state index contributed by atoms with van der Waals surface area (Å²) in [5.41, 5.74) is 1.42. The third-order valence-corrected chi connectivity index (χ3v) is 6.16. The monoisotopic (exact) mass is 312 g/mol. The summed E-state index contributed by atoms with van der Waals surface area (Å²) >= 11 is 0. The highest BCUT2D eigenvalue weighted by Crippen LogP contribution is 2.38. The largest absolute Gasteiger partial charge is 0.309 e. The second-order valence-corrected chi connectivity index (χ2v) is 8.36. The van der Waals surface area contributed by atoms with E-state index in [4.69, 9.17) is 0 Å². The summed E-state index contributed by atoms with van der Waals surface area (Å²) in [5.74, 6) is 3.01. The number of nitrogens with one attached hydrogen (secondary N) is 1. The number of piperidine rings is 1. The maximum Gasteiger partial charge on any atom is 0.0208 e. The number of rotatable bonds is 7. The van der Waals surface area contributed by atoms with Crippen LogP contribution in [0.1, 0.15) is 50.5 Å². The molecule has 3 aliphatic rings. The number of hydrogen-bond donors (Lipinski definition) is 1. The Labute approximate surface area is 141 Å². The molecule has 3 fully saturated rings. The molecule has 2 atom stereocenters. The Hall–Kier alpha value is -0.860. The van der Waals surface area contributed by atoms with E-state index in [0.717, 1.165) is 24.3 Å². The lowest BCUT2D eigenvalue weighted by atomic mass is 9.83. The summed E-state index contributed by atoms with van der Waals surface area (Å²) in [6, 6.07) is 11.6. The van der Waals surface area contributed by atoms with E-state index in [2.05, 4.69) is 40.5 Å². The van der Waals surface area contributed by atoms with Gasteiger partial charge in [0.05, 0.1) is 0 Å². The van der Waals surface area contributed by atoms with Crippen LogP contribution in [0.2, 0.25) is 0 Å². The van der Waals surface area contributed by atoms with Gasteiger partial charge in [0.15, 0.2) is 0 Å². The van der Waals surface area contributed by atoms with E-state index in [-0.39, 0.29) is 0 Å². The zero-order chi connectivity index (χ0) is 15.5. The molecule has 2 aliphatic carbocycles. The van der Waals surface area contributed by atoms with Crippen LogP contribution in [0.15, 0.2) is 30.3 Å². The fourth-order valence-electron chi connectivity index (χ4n) is 4.49. The van der Waals surface area contributed by atoms with Crippen molar-refractivity contribution in [2.45, 2.75) is 57.5 Å². The van der Waals surface area contributed by atoms with Gasteiger partial charge < -0.3 is 10.2 Å². The van der Waals surface area contributed by atoms with E-state index >= 15 is 0 Å². The molecule has 2 unspecified atom stereocenters. The summed E-state index contributed by atoms with van der Waals surface area (Å²) < 4.78 is 0. The van der Waals surface area contributed by atoms with Crippen molar-refractivity contribution in [2.24, 2.45) is 17.8 Å². The normalized spacial score (nSPS) is 29.4. The Morgan fingerprint density at radius 2 is 1.74 bits per heavy atom. The Morgan fingerprint density at radius 3 is 2.43 bits per heavy atom. The minimum absolute atomic E-state index is 0.688. The van der Waals surface area contributed by atoms with Crippen molar-refractivity contribution in [3.8, 4) is 0 Å². The predicted octanol–water partition coefficient (Wildman–Crippen LogP) is 4.07. The van der Waals surface area contributed by atoms with E-state index in [1.54, 1.807) is 0 Å². The average Bonchev–Trinajstić information content (AvgIpc) is 3.34. The minimum atomic E-state index is 0.688. The second-order valence-electron chi connectivity index (χ2n) is 8.36. The molecular formula is C21H32N2. The molecule has 2 nitrogen and oxygen atoms in total. The van der Waals surface area contributed by atoms with Crippen LogP contribution >= 0.6 is 0 Å². The van der Waals surface area contributed by atoms with Crippen molar-refractivity contribution in [1.82, 2.24) is 10.2 Å². The van der Waals surface area contributed by atoms with Gasteiger partial charge in [-0.15, -0.1) is 0 Å². The van der Waals surface area contributed by atoms with Gasteiger partial charge in [-0.1, -0.05) is 49.6 Å². The first-order valence-corrected chi connectivity index (χ1v) is 9.85. The van der Waals surface area contributed by atoms with Gasteiger partial charge in [-0.25, -0.2) is 0 Å². The molecule has 1 saturated heterocycles. The van der Waals surface area contributed by atoms with Crippen LogP contribution in [-0.2, 0) is 6.54 Å². The summed E-state index contributed by atoms with van der Waals surface area (Å²) in [6.07, 6.45) is 10.3. The van der Waals surface area contributed by atoms with Gasteiger partial charge in [0.2, 0.25) is 0 Å². The van der Waals surface area contributed by atoms with E-state index in [0.29, 0.717) is 6.04 Å². The molecule has 126 valence electrons. The van der Waals surface area contributed by atoms with Crippen LogP contribution < -0.4 is 5.32 Å². The fourth-order valence-corrected chi connectivity index (χ4v) is 4.49. The second kappa shape index (κ2) is 7.36. The van der Waals surface area contributed by atoms with Crippen molar-refractivity contribution in [3.05, 3.63) is 35.9 Å². The zero-order valence-electron chi connectivity index (χ0n) is 14.4. The quantitative estimate of drug-likeness (QED) is 0.816. The van der Waals surface area contributed by atoms with Gasteiger partial charge in [-0.05, 0) is 49.0 Å². The van der Waals surface area contributed by atoms with Crippen molar-refractivity contribution in [3.63, 3.8) is 0 Å². The van der Waals surface area contributed by atoms with E-state index in [9.17, 15) is 0 Å². The molecule has 0 amide bonds. The third kappa shape index (κ3) is 4.58. The molecule has 4 rings (SSSR count).